The van der Waals surface area contributed by atoms with E-state index >= 15 is 0 Å². The van der Waals surface area contributed by atoms with Gasteiger partial charge in [-0.2, -0.15) is 0 Å². The molecule has 1 aliphatic carbocycles. The molecule has 2 rings (SSSR count). The van der Waals surface area contributed by atoms with E-state index in [0.717, 1.165) is 12.2 Å². The number of benzene rings is 1. The fourth-order valence-corrected chi connectivity index (χ4v) is 3.04. The van der Waals surface area contributed by atoms with Crippen LogP contribution in [0.3, 0.4) is 0 Å². The Morgan fingerprint density at radius 2 is 1.79 bits per heavy atom. The van der Waals surface area contributed by atoms with Crippen LogP contribution < -0.4 is 37.3 Å². The minimum Gasteiger partial charge on any atom is -1.00 e. The largest absolute Gasteiger partial charge is 1.00 e. The summed E-state index contributed by atoms with van der Waals surface area (Å²) in [6.07, 6.45) is 7.59. The molecule has 0 heterocycles. The van der Waals surface area contributed by atoms with Gasteiger partial charge in [-0.05, 0) is 0 Å². The molecular formula is C15H18Br2OTi. The van der Waals surface area contributed by atoms with Gasteiger partial charge in [0.15, 0.2) is 0 Å². The second-order valence-corrected chi connectivity index (χ2v) is 6.91. The molecule has 0 spiro atoms. The molecule has 0 aliphatic heterocycles. The van der Waals surface area contributed by atoms with E-state index < -0.39 is 19.5 Å². The maximum absolute atomic E-state index is 6.06. The zero-order chi connectivity index (χ0) is 12.3. The van der Waals surface area contributed by atoms with Gasteiger partial charge in [-0.15, -0.1) is 0 Å². The third-order valence-corrected chi connectivity index (χ3v) is 4.25. The summed E-state index contributed by atoms with van der Waals surface area (Å²) >= 11 is -0.463. The Balaban J connectivity index is 0.00000162. The van der Waals surface area contributed by atoms with E-state index in [4.69, 9.17) is 3.32 Å². The van der Waals surface area contributed by atoms with Crippen molar-refractivity contribution in [2.24, 2.45) is 0 Å². The smallest absolute Gasteiger partial charge is 1.00 e. The second kappa shape index (κ2) is 8.46. The monoisotopic (exact) mass is 420 g/mol. The first-order valence-electron chi connectivity index (χ1n) is 5.95. The second-order valence-electron chi connectivity index (χ2n) is 5.27. The Labute approximate surface area is 146 Å². The maximum Gasteiger partial charge on any atom is -1.00 e. The van der Waals surface area contributed by atoms with Gasteiger partial charge in [0.1, 0.15) is 0 Å². The number of allylic oxidation sites excluding steroid dienone is 4. The van der Waals surface area contributed by atoms with Crippen LogP contribution in [0, 0.1) is 0 Å². The number of para-hydroxylation sites is 1. The van der Waals surface area contributed by atoms with E-state index in [1.54, 1.807) is 0 Å². The van der Waals surface area contributed by atoms with Crippen LogP contribution >= 0.6 is 0 Å². The van der Waals surface area contributed by atoms with Crippen LogP contribution in [-0.4, -0.2) is 0 Å². The minimum absolute atomic E-state index is 0. The van der Waals surface area contributed by atoms with E-state index in [2.05, 4.69) is 63.3 Å². The zero-order valence-corrected chi connectivity index (χ0v) is 16.1. The zero-order valence-electron chi connectivity index (χ0n) is 11.4. The van der Waals surface area contributed by atoms with Crippen LogP contribution in [0.4, 0.5) is 0 Å². The van der Waals surface area contributed by atoms with Gasteiger partial charge in [0.25, 0.3) is 0 Å². The molecule has 0 saturated carbocycles. The average Bonchev–Trinajstić information content (AvgIpc) is 2.78. The summed E-state index contributed by atoms with van der Waals surface area (Å²) in [5.41, 5.74) is 1.45. The predicted molar refractivity (Wildman–Crippen MR) is 67.6 cm³/mol. The first-order chi connectivity index (χ1) is 8.07. The summed E-state index contributed by atoms with van der Waals surface area (Å²) < 4.78 is 7.53. The molecule has 0 aromatic heterocycles. The van der Waals surface area contributed by atoms with E-state index in [0.29, 0.717) is 0 Å². The summed E-state index contributed by atoms with van der Waals surface area (Å²) in [7, 11) is 0. The van der Waals surface area contributed by atoms with E-state index in [9.17, 15) is 0 Å². The van der Waals surface area contributed by atoms with Crippen molar-refractivity contribution in [3.8, 4) is 5.75 Å². The number of halogens is 2. The van der Waals surface area contributed by atoms with Crippen molar-refractivity contribution in [1.29, 1.82) is 0 Å². The third-order valence-electron chi connectivity index (χ3n) is 2.76. The molecule has 1 aromatic carbocycles. The Morgan fingerprint density at radius 3 is 2.37 bits per heavy atom. The third kappa shape index (κ3) is 5.59. The Bertz CT molecular complexity index is 461. The topological polar surface area (TPSA) is 9.23 Å². The van der Waals surface area contributed by atoms with Crippen LogP contribution in [0.15, 0.2) is 46.4 Å². The Kier molecular flexibility index (Phi) is 8.54. The number of rotatable bonds is 3. The van der Waals surface area contributed by atoms with Gasteiger partial charge >= 0.3 is 113 Å². The van der Waals surface area contributed by atoms with Gasteiger partial charge in [0.2, 0.25) is 0 Å². The quantitative estimate of drug-likeness (QED) is 0.524. The summed E-state index contributed by atoms with van der Waals surface area (Å²) in [5.74, 6) is 1.06. The van der Waals surface area contributed by atoms with Gasteiger partial charge in [-0.1, -0.05) is 0 Å². The molecule has 0 fully saturated rings. The molecule has 1 aliphatic rings. The minimum atomic E-state index is -0.463. The fraction of sp³-hybridized carbons (Fsp3) is 0.333. The predicted octanol–water partition coefficient (Wildman–Crippen LogP) is -1.79. The van der Waals surface area contributed by atoms with E-state index in [1.165, 1.54) is 9.44 Å². The Hall–Kier alpha value is 0.174. The number of hydrogen-bond acceptors (Lipinski definition) is 1. The molecular weight excluding hydrogens is 404 g/mol. The molecule has 0 bridgehead atoms. The van der Waals surface area contributed by atoms with Crippen LogP contribution in [-0.2, 0) is 25.0 Å². The molecule has 102 valence electrons. The van der Waals surface area contributed by atoms with Gasteiger partial charge in [-0.25, -0.2) is 0 Å². The van der Waals surface area contributed by atoms with E-state index in [1.807, 2.05) is 0 Å². The number of hydrogen-bond donors (Lipinski definition) is 0. The van der Waals surface area contributed by atoms with Gasteiger partial charge in [-0.3, -0.25) is 0 Å². The van der Waals surface area contributed by atoms with Gasteiger partial charge < -0.3 is 34.0 Å². The summed E-state index contributed by atoms with van der Waals surface area (Å²) in [6, 6.07) is 8.40. The summed E-state index contributed by atoms with van der Waals surface area (Å²) in [6.45, 7) is 6.68. The molecule has 1 nitrogen and oxygen atoms in total. The molecule has 0 amide bonds. The van der Waals surface area contributed by atoms with Crippen LogP contribution in [0.2, 0.25) is 0 Å². The Morgan fingerprint density at radius 1 is 1.11 bits per heavy atom. The molecule has 0 N–H and O–H groups in total. The molecule has 4 heteroatoms. The van der Waals surface area contributed by atoms with Crippen molar-refractivity contribution in [2.75, 3.05) is 0 Å². The molecule has 1 aromatic rings. The standard InChI is InChI=1S/C10H14O.C5H5.2BrH.Ti/c1-10(2,3)8-6-4-5-7-9(8)11;1-2-4-5-3-1;;;/h4-7,11H,1-3H3;1-3H,4H2;2*1H;/q;;;;+3/p-3. The maximum atomic E-state index is 6.06. The van der Waals surface area contributed by atoms with Gasteiger partial charge in [0.05, 0.1) is 0 Å². The summed E-state index contributed by atoms with van der Waals surface area (Å²) in [5, 5.41) is 0. The molecule has 19 heavy (non-hydrogen) atoms. The van der Waals surface area contributed by atoms with Crippen molar-refractivity contribution >= 4 is 0 Å². The average molecular weight is 422 g/mol. The first-order valence-corrected chi connectivity index (χ1v) is 7.37. The molecule has 0 atom stereocenters. The SMILES string of the molecule is CC(C)(C)c1ccccc1[O][Ti+2][C]1=CC=CC1.[Br-].[Br-]. The first kappa shape index (κ1) is 19.2. The molecule has 0 unspecified atom stereocenters. The van der Waals surface area contributed by atoms with Crippen LogP contribution in [0.5, 0.6) is 5.75 Å². The fourth-order valence-electron chi connectivity index (χ4n) is 1.82. The van der Waals surface area contributed by atoms with Crippen LogP contribution in [0.25, 0.3) is 0 Å². The van der Waals surface area contributed by atoms with Crippen molar-refractivity contribution in [3.63, 3.8) is 0 Å². The summed E-state index contributed by atoms with van der Waals surface area (Å²) in [4.78, 5) is 0. The molecule has 0 radical (unpaired) electrons. The van der Waals surface area contributed by atoms with Crippen LogP contribution in [0.1, 0.15) is 32.8 Å². The van der Waals surface area contributed by atoms with Gasteiger partial charge in [0, 0.05) is 0 Å². The molecule has 0 saturated heterocycles. The normalized spacial score (nSPS) is 12.9. The van der Waals surface area contributed by atoms with Crippen molar-refractivity contribution in [2.45, 2.75) is 32.6 Å². The van der Waals surface area contributed by atoms with Crippen molar-refractivity contribution in [1.82, 2.24) is 0 Å². The van der Waals surface area contributed by atoms with Crippen molar-refractivity contribution < 1.29 is 56.8 Å². The van der Waals surface area contributed by atoms with E-state index in [-0.39, 0.29) is 39.4 Å². The van der Waals surface area contributed by atoms with Crippen molar-refractivity contribution in [3.05, 3.63) is 51.9 Å².